The summed E-state index contributed by atoms with van der Waals surface area (Å²) in [6.07, 6.45) is 2.63. The van der Waals surface area contributed by atoms with Gasteiger partial charge in [-0.2, -0.15) is 0 Å². The van der Waals surface area contributed by atoms with Crippen molar-refractivity contribution in [1.29, 1.82) is 0 Å². The summed E-state index contributed by atoms with van der Waals surface area (Å²) in [7, 11) is 1.69. The summed E-state index contributed by atoms with van der Waals surface area (Å²) < 4.78 is 10.4. The van der Waals surface area contributed by atoms with Crippen LogP contribution in [0.1, 0.15) is 18.4 Å². The Morgan fingerprint density at radius 3 is 2.70 bits per heavy atom. The van der Waals surface area contributed by atoms with Gasteiger partial charge in [-0.1, -0.05) is 18.2 Å². The molecule has 0 aromatic heterocycles. The number of nitrogens with zero attached hydrogens (tertiary/aromatic N) is 1. The van der Waals surface area contributed by atoms with E-state index in [-0.39, 0.29) is 0 Å². The minimum Gasteiger partial charge on any atom is -0.382 e. The molecule has 0 spiro atoms. The summed E-state index contributed by atoms with van der Waals surface area (Å²) in [5, 5.41) is 3.45. The van der Waals surface area contributed by atoms with Gasteiger partial charge in [0.25, 0.3) is 0 Å². The monoisotopic (exact) mass is 278 g/mol. The molecule has 4 heteroatoms. The lowest BCUT2D eigenvalue weighted by molar-refractivity contribution is 0.0719. The van der Waals surface area contributed by atoms with Gasteiger partial charge in [-0.3, -0.25) is 0 Å². The number of hydrogen-bond acceptors (Lipinski definition) is 4. The third kappa shape index (κ3) is 4.78. The third-order valence-electron chi connectivity index (χ3n) is 3.61. The molecule has 0 radical (unpaired) electrons. The van der Waals surface area contributed by atoms with Crippen LogP contribution >= 0.6 is 0 Å². The summed E-state index contributed by atoms with van der Waals surface area (Å²) >= 11 is 0. The van der Waals surface area contributed by atoms with Crippen molar-refractivity contribution in [2.75, 3.05) is 51.5 Å². The molecule has 112 valence electrons. The molecule has 4 nitrogen and oxygen atoms in total. The number of methoxy groups -OCH3 is 1. The van der Waals surface area contributed by atoms with Crippen LogP contribution in [0.15, 0.2) is 24.3 Å². The van der Waals surface area contributed by atoms with Gasteiger partial charge in [-0.05, 0) is 24.5 Å². The smallest absolute Gasteiger partial charge is 0.0700 e. The van der Waals surface area contributed by atoms with Gasteiger partial charge in [0.15, 0.2) is 0 Å². The van der Waals surface area contributed by atoms with E-state index in [0.29, 0.717) is 13.2 Å². The highest BCUT2D eigenvalue weighted by Gasteiger charge is 2.14. The van der Waals surface area contributed by atoms with E-state index in [9.17, 15) is 0 Å². The minimum absolute atomic E-state index is 0.664. The number of anilines is 1. The van der Waals surface area contributed by atoms with Crippen molar-refractivity contribution in [1.82, 2.24) is 5.32 Å². The zero-order chi connectivity index (χ0) is 14.0. The first kappa shape index (κ1) is 15.3. The first-order valence-electron chi connectivity index (χ1n) is 7.52. The highest BCUT2D eigenvalue weighted by molar-refractivity contribution is 5.54. The van der Waals surface area contributed by atoms with Crippen LogP contribution in [0.4, 0.5) is 5.69 Å². The molecule has 1 aromatic rings. The van der Waals surface area contributed by atoms with Crippen LogP contribution in [0.5, 0.6) is 0 Å². The fourth-order valence-corrected chi connectivity index (χ4v) is 2.54. The number of rotatable bonds is 9. The van der Waals surface area contributed by atoms with Crippen molar-refractivity contribution in [3.05, 3.63) is 29.8 Å². The summed E-state index contributed by atoms with van der Waals surface area (Å²) in [5.41, 5.74) is 2.77. The van der Waals surface area contributed by atoms with Gasteiger partial charge in [0.05, 0.1) is 19.8 Å². The van der Waals surface area contributed by atoms with Gasteiger partial charge in [-0.15, -0.1) is 0 Å². The first-order valence-corrected chi connectivity index (χ1v) is 7.52. The lowest BCUT2D eigenvalue weighted by atomic mass is 10.1. The standard InChI is InChI=1S/C16H26N2O2/c1-19-12-13-20-11-8-17-14-15-6-2-3-7-16(15)18-9-4-5-10-18/h2-3,6-7,17H,4-5,8-14H2,1H3. The molecule has 1 aliphatic heterocycles. The minimum atomic E-state index is 0.664. The molecule has 1 N–H and O–H groups in total. The summed E-state index contributed by atoms with van der Waals surface area (Å²) in [6.45, 7) is 6.22. The van der Waals surface area contributed by atoms with Crippen molar-refractivity contribution >= 4 is 5.69 Å². The average Bonchev–Trinajstić information content (AvgIpc) is 3.01. The second-order valence-corrected chi connectivity index (χ2v) is 5.10. The number of ether oxygens (including phenoxy) is 2. The second-order valence-electron chi connectivity index (χ2n) is 5.10. The van der Waals surface area contributed by atoms with Gasteiger partial charge in [-0.25, -0.2) is 0 Å². The Kier molecular flexibility index (Phi) is 6.84. The van der Waals surface area contributed by atoms with E-state index in [0.717, 1.165) is 19.7 Å². The van der Waals surface area contributed by atoms with E-state index >= 15 is 0 Å². The first-order chi connectivity index (χ1) is 9.92. The van der Waals surface area contributed by atoms with E-state index in [1.165, 1.54) is 37.2 Å². The summed E-state index contributed by atoms with van der Waals surface area (Å²) in [4.78, 5) is 2.49. The fraction of sp³-hybridized carbons (Fsp3) is 0.625. The van der Waals surface area contributed by atoms with Crippen LogP contribution in [0.3, 0.4) is 0 Å². The Hall–Kier alpha value is -1.10. The Bertz CT molecular complexity index is 378. The van der Waals surface area contributed by atoms with Crippen LogP contribution in [0.25, 0.3) is 0 Å². The zero-order valence-electron chi connectivity index (χ0n) is 12.4. The number of hydrogen-bond donors (Lipinski definition) is 1. The normalized spacial score (nSPS) is 14.9. The lowest BCUT2D eigenvalue weighted by Crippen LogP contribution is -2.23. The molecule has 0 atom stereocenters. The highest BCUT2D eigenvalue weighted by Crippen LogP contribution is 2.24. The summed E-state index contributed by atoms with van der Waals surface area (Å²) in [5.74, 6) is 0. The molecular weight excluding hydrogens is 252 g/mol. The SMILES string of the molecule is COCCOCCNCc1ccccc1N1CCCC1. The van der Waals surface area contributed by atoms with E-state index in [2.05, 4.69) is 34.5 Å². The van der Waals surface area contributed by atoms with Crippen LogP contribution in [-0.2, 0) is 16.0 Å². The molecule has 1 aliphatic rings. The maximum atomic E-state index is 5.44. The van der Waals surface area contributed by atoms with Gasteiger partial charge in [0, 0.05) is 39.0 Å². The fourth-order valence-electron chi connectivity index (χ4n) is 2.54. The largest absolute Gasteiger partial charge is 0.382 e. The van der Waals surface area contributed by atoms with E-state index in [1.807, 2.05) is 0 Å². The van der Waals surface area contributed by atoms with E-state index < -0.39 is 0 Å². The predicted molar refractivity (Wildman–Crippen MR) is 82.3 cm³/mol. The lowest BCUT2D eigenvalue weighted by Gasteiger charge is -2.21. The van der Waals surface area contributed by atoms with Crippen molar-refractivity contribution in [2.24, 2.45) is 0 Å². The molecule has 0 saturated carbocycles. The molecular formula is C16H26N2O2. The van der Waals surface area contributed by atoms with Gasteiger partial charge in [0.1, 0.15) is 0 Å². The molecule has 20 heavy (non-hydrogen) atoms. The van der Waals surface area contributed by atoms with Crippen LogP contribution in [0.2, 0.25) is 0 Å². The molecule has 0 unspecified atom stereocenters. The maximum absolute atomic E-state index is 5.44. The van der Waals surface area contributed by atoms with Gasteiger partial charge >= 0.3 is 0 Å². The molecule has 0 bridgehead atoms. The van der Waals surface area contributed by atoms with Crippen LogP contribution in [0, 0.1) is 0 Å². The molecule has 1 aromatic carbocycles. The topological polar surface area (TPSA) is 33.7 Å². The summed E-state index contributed by atoms with van der Waals surface area (Å²) in [6, 6.07) is 8.69. The third-order valence-corrected chi connectivity index (χ3v) is 3.61. The van der Waals surface area contributed by atoms with Crippen molar-refractivity contribution < 1.29 is 9.47 Å². The van der Waals surface area contributed by atoms with Crippen LogP contribution in [-0.4, -0.2) is 46.6 Å². The van der Waals surface area contributed by atoms with Crippen LogP contribution < -0.4 is 10.2 Å². The molecule has 2 rings (SSSR count). The Morgan fingerprint density at radius 1 is 1.10 bits per heavy atom. The van der Waals surface area contributed by atoms with Crippen molar-refractivity contribution in [2.45, 2.75) is 19.4 Å². The van der Waals surface area contributed by atoms with E-state index in [1.54, 1.807) is 7.11 Å². The Morgan fingerprint density at radius 2 is 1.90 bits per heavy atom. The highest BCUT2D eigenvalue weighted by atomic mass is 16.5. The molecule has 1 heterocycles. The molecule has 0 aliphatic carbocycles. The average molecular weight is 278 g/mol. The van der Waals surface area contributed by atoms with Gasteiger partial charge in [0.2, 0.25) is 0 Å². The zero-order valence-corrected chi connectivity index (χ0v) is 12.4. The van der Waals surface area contributed by atoms with Crippen molar-refractivity contribution in [3.63, 3.8) is 0 Å². The number of para-hydroxylation sites is 1. The Labute approximate surface area is 122 Å². The molecule has 1 fully saturated rings. The quantitative estimate of drug-likeness (QED) is 0.701. The van der Waals surface area contributed by atoms with E-state index in [4.69, 9.17) is 9.47 Å². The number of nitrogens with one attached hydrogen (secondary N) is 1. The van der Waals surface area contributed by atoms with Gasteiger partial charge < -0.3 is 19.7 Å². The maximum Gasteiger partial charge on any atom is 0.0700 e. The molecule has 1 saturated heterocycles. The molecule has 0 amide bonds. The second kappa shape index (κ2) is 8.95. The Balaban J connectivity index is 1.72. The predicted octanol–water partition coefficient (Wildman–Crippen LogP) is 2.04. The number of benzene rings is 1. The van der Waals surface area contributed by atoms with Crippen molar-refractivity contribution in [3.8, 4) is 0 Å².